The molecule has 2 amide bonds. The van der Waals surface area contributed by atoms with Gasteiger partial charge in [-0.05, 0) is 31.2 Å². The minimum absolute atomic E-state index is 0.175. The Balaban J connectivity index is 1.86. The monoisotopic (exact) mass is 291 g/mol. The van der Waals surface area contributed by atoms with Crippen LogP contribution < -0.4 is 10.6 Å². The van der Waals surface area contributed by atoms with Crippen LogP contribution >= 0.6 is 11.3 Å². The van der Waals surface area contributed by atoms with Crippen molar-refractivity contribution in [2.75, 3.05) is 5.32 Å². The molecule has 1 heterocycles. The maximum Gasteiger partial charge on any atom is 0.335 e. The number of carbonyl (C=O) groups is 2. The van der Waals surface area contributed by atoms with E-state index < -0.39 is 5.97 Å². The third kappa shape index (κ3) is 3.79. The van der Waals surface area contributed by atoms with Crippen molar-refractivity contribution in [2.45, 2.75) is 13.5 Å². The molecule has 20 heavy (non-hydrogen) atoms. The first-order valence-electron chi connectivity index (χ1n) is 5.84. The summed E-state index contributed by atoms with van der Waals surface area (Å²) >= 11 is 1.52. The Hall–Kier alpha value is -2.41. The molecule has 0 radical (unpaired) electrons. The standard InChI is InChI=1S/C13H13N3O3S/c1-8-6-14-11(20-8)7-15-13(19)16-10-4-2-9(3-5-10)12(17)18/h2-6H,7H2,1H3,(H,17,18)(H2,15,16,19). The Bertz CT molecular complexity index is 622. The summed E-state index contributed by atoms with van der Waals surface area (Å²) in [5.74, 6) is -1.000. The average Bonchev–Trinajstić information content (AvgIpc) is 2.83. The number of thiazole rings is 1. The molecule has 2 aromatic rings. The van der Waals surface area contributed by atoms with Crippen molar-refractivity contribution in [1.29, 1.82) is 0 Å². The lowest BCUT2D eigenvalue weighted by atomic mass is 10.2. The van der Waals surface area contributed by atoms with Crippen molar-refractivity contribution in [3.63, 3.8) is 0 Å². The molecule has 1 aromatic carbocycles. The Kier molecular flexibility index (Phi) is 4.31. The van der Waals surface area contributed by atoms with Gasteiger partial charge in [-0.25, -0.2) is 14.6 Å². The zero-order valence-electron chi connectivity index (χ0n) is 10.7. The minimum Gasteiger partial charge on any atom is -0.478 e. The average molecular weight is 291 g/mol. The first kappa shape index (κ1) is 14.0. The maximum atomic E-state index is 11.6. The fourth-order valence-electron chi connectivity index (χ4n) is 1.51. The first-order valence-corrected chi connectivity index (χ1v) is 6.66. The van der Waals surface area contributed by atoms with E-state index in [4.69, 9.17) is 5.11 Å². The Morgan fingerprint density at radius 2 is 2.00 bits per heavy atom. The fraction of sp³-hybridized carbons (Fsp3) is 0.154. The van der Waals surface area contributed by atoms with Gasteiger partial charge in [-0.2, -0.15) is 0 Å². The maximum absolute atomic E-state index is 11.6. The van der Waals surface area contributed by atoms with Gasteiger partial charge in [0.15, 0.2) is 0 Å². The molecule has 1 aromatic heterocycles. The van der Waals surface area contributed by atoms with E-state index in [0.717, 1.165) is 9.88 Å². The van der Waals surface area contributed by atoms with Crippen molar-refractivity contribution in [1.82, 2.24) is 10.3 Å². The van der Waals surface area contributed by atoms with Crippen LogP contribution in [0.15, 0.2) is 30.5 Å². The molecule has 0 atom stereocenters. The summed E-state index contributed by atoms with van der Waals surface area (Å²) in [6.45, 7) is 2.31. The summed E-state index contributed by atoms with van der Waals surface area (Å²) in [4.78, 5) is 27.6. The van der Waals surface area contributed by atoms with Gasteiger partial charge in [-0.3, -0.25) is 0 Å². The molecule has 6 nitrogen and oxygen atoms in total. The lowest BCUT2D eigenvalue weighted by molar-refractivity contribution is 0.0697. The second kappa shape index (κ2) is 6.16. The van der Waals surface area contributed by atoms with Crippen LogP contribution in [0.3, 0.4) is 0 Å². The molecule has 0 aliphatic carbocycles. The number of hydrogen-bond donors (Lipinski definition) is 3. The van der Waals surface area contributed by atoms with Crippen molar-refractivity contribution in [3.8, 4) is 0 Å². The molecule has 0 fully saturated rings. The van der Waals surface area contributed by atoms with Crippen LogP contribution in [0.2, 0.25) is 0 Å². The Morgan fingerprint density at radius 3 is 2.55 bits per heavy atom. The summed E-state index contributed by atoms with van der Waals surface area (Å²) < 4.78 is 0. The van der Waals surface area contributed by atoms with Crippen LogP contribution in [0, 0.1) is 6.92 Å². The van der Waals surface area contributed by atoms with Crippen LogP contribution in [0.1, 0.15) is 20.2 Å². The number of carboxylic acid groups (broad SMARTS) is 1. The third-order valence-electron chi connectivity index (χ3n) is 2.46. The molecule has 2 rings (SSSR count). The number of hydrogen-bond acceptors (Lipinski definition) is 4. The molecular weight excluding hydrogens is 278 g/mol. The highest BCUT2D eigenvalue weighted by atomic mass is 32.1. The van der Waals surface area contributed by atoms with Gasteiger partial charge in [0.2, 0.25) is 0 Å². The molecular formula is C13H13N3O3S. The molecule has 3 N–H and O–H groups in total. The van der Waals surface area contributed by atoms with Gasteiger partial charge in [0.1, 0.15) is 5.01 Å². The van der Waals surface area contributed by atoms with Gasteiger partial charge in [0, 0.05) is 16.8 Å². The molecule has 0 aliphatic heterocycles. The highest BCUT2D eigenvalue weighted by molar-refractivity contribution is 7.11. The van der Waals surface area contributed by atoms with Crippen molar-refractivity contribution in [2.24, 2.45) is 0 Å². The number of aromatic nitrogens is 1. The van der Waals surface area contributed by atoms with Gasteiger partial charge in [-0.1, -0.05) is 0 Å². The summed E-state index contributed by atoms with van der Waals surface area (Å²) in [5.41, 5.74) is 0.706. The van der Waals surface area contributed by atoms with Crippen molar-refractivity contribution >= 4 is 29.0 Å². The van der Waals surface area contributed by atoms with Crippen LogP contribution in [0.4, 0.5) is 10.5 Å². The van der Waals surface area contributed by atoms with E-state index in [1.165, 1.54) is 35.6 Å². The number of carboxylic acids is 1. The molecule has 0 saturated heterocycles. The van der Waals surface area contributed by atoms with Crippen LogP contribution in [-0.4, -0.2) is 22.1 Å². The quantitative estimate of drug-likeness (QED) is 0.807. The van der Waals surface area contributed by atoms with Crippen LogP contribution in [0.5, 0.6) is 0 Å². The van der Waals surface area contributed by atoms with E-state index in [9.17, 15) is 9.59 Å². The zero-order valence-corrected chi connectivity index (χ0v) is 11.5. The summed E-state index contributed by atoms with van der Waals surface area (Å²) in [6, 6.07) is 5.58. The highest BCUT2D eigenvalue weighted by Crippen LogP contribution is 2.11. The number of aromatic carboxylic acids is 1. The molecule has 0 unspecified atom stereocenters. The number of amides is 2. The SMILES string of the molecule is Cc1cnc(CNC(=O)Nc2ccc(C(=O)O)cc2)s1. The number of nitrogens with one attached hydrogen (secondary N) is 2. The van der Waals surface area contributed by atoms with Crippen LogP contribution in [-0.2, 0) is 6.54 Å². The molecule has 7 heteroatoms. The van der Waals surface area contributed by atoms with Gasteiger partial charge < -0.3 is 15.7 Å². The smallest absolute Gasteiger partial charge is 0.335 e. The molecule has 0 aliphatic rings. The Labute approximate surface area is 119 Å². The van der Waals surface area contributed by atoms with Gasteiger partial charge >= 0.3 is 12.0 Å². The molecule has 0 saturated carbocycles. The molecule has 104 valence electrons. The van der Waals surface area contributed by atoms with E-state index in [2.05, 4.69) is 15.6 Å². The summed E-state index contributed by atoms with van der Waals surface area (Å²) in [5, 5.41) is 14.9. The molecule has 0 spiro atoms. The number of carbonyl (C=O) groups excluding carboxylic acids is 1. The third-order valence-corrected chi connectivity index (χ3v) is 3.37. The predicted octanol–water partition coefficient (Wildman–Crippen LogP) is 2.47. The van der Waals surface area contributed by atoms with Crippen LogP contribution in [0.25, 0.3) is 0 Å². The van der Waals surface area contributed by atoms with E-state index in [0.29, 0.717) is 12.2 Å². The second-order valence-corrected chi connectivity index (χ2v) is 5.37. The fourth-order valence-corrected chi connectivity index (χ4v) is 2.24. The normalized spacial score (nSPS) is 10.1. The number of benzene rings is 1. The van der Waals surface area contributed by atoms with Gasteiger partial charge in [0.05, 0.1) is 12.1 Å². The first-order chi connectivity index (χ1) is 9.54. The number of aryl methyl sites for hydroxylation is 1. The van der Waals surface area contributed by atoms with E-state index in [-0.39, 0.29) is 11.6 Å². The lowest BCUT2D eigenvalue weighted by Crippen LogP contribution is -2.28. The minimum atomic E-state index is -1.000. The van der Waals surface area contributed by atoms with Crippen molar-refractivity contribution in [3.05, 3.63) is 45.9 Å². The highest BCUT2D eigenvalue weighted by Gasteiger charge is 2.05. The summed E-state index contributed by atoms with van der Waals surface area (Å²) in [6.07, 6.45) is 1.75. The number of nitrogens with zero attached hydrogens (tertiary/aromatic N) is 1. The van der Waals surface area contributed by atoms with Gasteiger partial charge in [0.25, 0.3) is 0 Å². The topological polar surface area (TPSA) is 91.3 Å². The number of urea groups is 1. The number of anilines is 1. The predicted molar refractivity (Wildman–Crippen MR) is 76.1 cm³/mol. The van der Waals surface area contributed by atoms with E-state index >= 15 is 0 Å². The lowest BCUT2D eigenvalue weighted by Gasteiger charge is -2.06. The van der Waals surface area contributed by atoms with Gasteiger partial charge in [-0.15, -0.1) is 11.3 Å². The summed E-state index contributed by atoms with van der Waals surface area (Å²) in [7, 11) is 0. The molecule has 0 bridgehead atoms. The largest absolute Gasteiger partial charge is 0.478 e. The Morgan fingerprint density at radius 1 is 1.30 bits per heavy atom. The second-order valence-electron chi connectivity index (χ2n) is 4.05. The van der Waals surface area contributed by atoms with E-state index in [1.807, 2.05) is 6.92 Å². The van der Waals surface area contributed by atoms with E-state index in [1.54, 1.807) is 6.20 Å². The zero-order chi connectivity index (χ0) is 14.5. The van der Waals surface area contributed by atoms with Crippen molar-refractivity contribution < 1.29 is 14.7 Å². The number of rotatable bonds is 4.